The second kappa shape index (κ2) is 7.42. The van der Waals surface area contributed by atoms with Gasteiger partial charge < -0.3 is 11.1 Å². The van der Waals surface area contributed by atoms with Crippen molar-refractivity contribution in [3.05, 3.63) is 23.1 Å². The maximum Gasteiger partial charge on any atom is 0.269 e. The molecule has 7 nitrogen and oxygen atoms in total. The van der Waals surface area contributed by atoms with E-state index in [1.165, 1.54) is 0 Å². The molecule has 0 aromatic carbocycles. The van der Waals surface area contributed by atoms with E-state index in [0.29, 0.717) is 12.2 Å². The fraction of sp³-hybridized carbons (Fsp3) is 0.500. The van der Waals surface area contributed by atoms with Crippen LogP contribution in [0.3, 0.4) is 0 Å². The lowest BCUT2D eigenvalue weighted by Gasteiger charge is -2.05. The fourth-order valence-corrected chi connectivity index (χ4v) is 2.22. The van der Waals surface area contributed by atoms with Gasteiger partial charge in [0.1, 0.15) is 5.69 Å². The molecule has 0 aliphatic rings. The molecule has 2 aromatic rings. The Morgan fingerprint density at radius 3 is 2.73 bits per heavy atom. The molecule has 1 amide bonds. The molecular formula is C14H23ClN6O. The zero-order chi connectivity index (χ0) is 15.6. The minimum Gasteiger partial charge on any atom is -0.351 e. The van der Waals surface area contributed by atoms with Gasteiger partial charge in [-0.3, -0.25) is 14.6 Å². The third kappa shape index (κ3) is 3.86. The van der Waals surface area contributed by atoms with Gasteiger partial charge in [0, 0.05) is 30.9 Å². The first-order valence-electron chi connectivity index (χ1n) is 7.00. The van der Waals surface area contributed by atoms with Crippen LogP contribution in [0.1, 0.15) is 35.2 Å². The van der Waals surface area contributed by atoms with E-state index >= 15 is 0 Å². The third-order valence-corrected chi connectivity index (χ3v) is 3.47. The quantitative estimate of drug-likeness (QED) is 0.771. The molecule has 0 saturated heterocycles. The van der Waals surface area contributed by atoms with E-state index < -0.39 is 0 Å². The lowest BCUT2D eigenvalue weighted by Crippen LogP contribution is -2.29. The summed E-state index contributed by atoms with van der Waals surface area (Å²) in [5.41, 5.74) is 9.70. The predicted octanol–water partition coefficient (Wildman–Crippen LogP) is 1.32. The number of nitrogens with one attached hydrogen (secondary N) is 2. The van der Waals surface area contributed by atoms with Crippen LogP contribution in [0.25, 0.3) is 11.3 Å². The summed E-state index contributed by atoms with van der Waals surface area (Å²) in [5, 5.41) is 14.2. The highest BCUT2D eigenvalue weighted by molar-refractivity contribution is 5.93. The van der Waals surface area contributed by atoms with Crippen LogP contribution >= 0.6 is 12.4 Å². The molecule has 0 fully saturated rings. The average molecular weight is 327 g/mol. The van der Waals surface area contributed by atoms with Crippen molar-refractivity contribution in [2.45, 2.75) is 33.2 Å². The molecule has 0 saturated carbocycles. The fourth-order valence-electron chi connectivity index (χ4n) is 2.22. The normalized spacial score (nSPS) is 11.9. The van der Waals surface area contributed by atoms with Gasteiger partial charge >= 0.3 is 0 Å². The summed E-state index contributed by atoms with van der Waals surface area (Å²) in [4.78, 5) is 12.0. The third-order valence-electron chi connectivity index (χ3n) is 3.47. The van der Waals surface area contributed by atoms with Crippen molar-refractivity contribution in [1.29, 1.82) is 0 Å². The summed E-state index contributed by atoms with van der Waals surface area (Å²) in [5.74, 6) is -0.173. The van der Waals surface area contributed by atoms with E-state index in [1.54, 1.807) is 6.07 Å². The average Bonchev–Trinajstić information content (AvgIpc) is 2.95. The van der Waals surface area contributed by atoms with Crippen LogP contribution in [-0.2, 0) is 7.05 Å². The zero-order valence-corrected chi connectivity index (χ0v) is 14.1. The Bertz CT molecular complexity index is 646. The number of nitrogens with zero attached hydrogens (tertiary/aromatic N) is 3. The molecule has 2 rings (SSSR count). The van der Waals surface area contributed by atoms with Crippen molar-refractivity contribution in [2.75, 3.05) is 6.54 Å². The molecule has 4 N–H and O–H groups in total. The minimum absolute atomic E-state index is 0. The standard InChI is InChI=1S/C14H22N6O.ClH/c1-8(15)5-6-16-14(21)12-7-11(17-18-12)13-9(2)19-20(4)10(13)3;/h7-8H,5-6,15H2,1-4H3,(H,16,21)(H,17,18);1H. The number of carbonyl (C=O) groups is 1. The number of halogens is 1. The molecule has 122 valence electrons. The van der Waals surface area contributed by atoms with Gasteiger partial charge in [-0.25, -0.2) is 0 Å². The summed E-state index contributed by atoms with van der Waals surface area (Å²) >= 11 is 0. The maximum atomic E-state index is 12.0. The molecule has 1 unspecified atom stereocenters. The van der Waals surface area contributed by atoms with E-state index in [1.807, 2.05) is 32.5 Å². The SMILES string of the molecule is Cc1nn(C)c(C)c1-c1cc(C(=O)NCCC(C)N)[nH]n1.Cl. The Morgan fingerprint density at radius 2 is 2.18 bits per heavy atom. The monoisotopic (exact) mass is 326 g/mol. The first-order chi connectivity index (χ1) is 9.90. The van der Waals surface area contributed by atoms with Crippen molar-refractivity contribution in [3.8, 4) is 11.3 Å². The predicted molar refractivity (Wildman–Crippen MR) is 88.1 cm³/mol. The minimum atomic E-state index is -0.173. The molecule has 2 heterocycles. The second-order valence-corrected chi connectivity index (χ2v) is 5.36. The largest absolute Gasteiger partial charge is 0.351 e. The summed E-state index contributed by atoms with van der Waals surface area (Å²) in [6, 6.07) is 1.82. The van der Waals surface area contributed by atoms with Crippen molar-refractivity contribution in [1.82, 2.24) is 25.3 Å². The number of nitrogens with two attached hydrogens (primary N) is 1. The summed E-state index contributed by atoms with van der Waals surface area (Å²) in [6.07, 6.45) is 0.744. The molecular weight excluding hydrogens is 304 g/mol. The van der Waals surface area contributed by atoms with Crippen LogP contribution in [0.2, 0.25) is 0 Å². The number of rotatable bonds is 5. The highest BCUT2D eigenvalue weighted by Gasteiger charge is 2.16. The van der Waals surface area contributed by atoms with Gasteiger partial charge in [0.15, 0.2) is 0 Å². The molecule has 8 heteroatoms. The topological polar surface area (TPSA) is 102 Å². The molecule has 0 aliphatic heterocycles. The van der Waals surface area contributed by atoms with E-state index in [0.717, 1.165) is 29.1 Å². The molecule has 1 atom stereocenters. The van der Waals surface area contributed by atoms with Crippen molar-refractivity contribution >= 4 is 18.3 Å². The number of hydrogen-bond donors (Lipinski definition) is 3. The number of aryl methyl sites for hydroxylation is 2. The number of hydrogen-bond acceptors (Lipinski definition) is 4. The van der Waals surface area contributed by atoms with E-state index in [9.17, 15) is 4.79 Å². The Morgan fingerprint density at radius 1 is 1.50 bits per heavy atom. The van der Waals surface area contributed by atoms with Gasteiger partial charge in [-0.15, -0.1) is 12.4 Å². The van der Waals surface area contributed by atoms with Crippen LogP contribution in [0.4, 0.5) is 0 Å². The van der Waals surface area contributed by atoms with Crippen molar-refractivity contribution < 1.29 is 4.79 Å². The van der Waals surface area contributed by atoms with Crippen LogP contribution < -0.4 is 11.1 Å². The van der Waals surface area contributed by atoms with Gasteiger partial charge in [-0.05, 0) is 33.3 Å². The Hall–Kier alpha value is -1.86. The maximum absolute atomic E-state index is 12.0. The summed E-state index contributed by atoms with van der Waals surface area (Å²) < 4.78 is 1.81. The van der Waals surface area contributed by atoms with Gasteiger partial charge in [-0.2, -0.15) is 10.2 Å². The molecule has 0 radical (unpaired) electrons. The van der Waals surface area contributed by atoms with E-state index in [4.69, 9.17) is 5.73 Å². The van der Waals surface area contributed by atoms with Gasteiger partial charge in [0.05, 0.1) is 11.4 Å². The second-order valence-electron chi connectivity index (χ2n) is 5.36. The number of aromatic amines is 1. The highest BCUT2D eigenvalue weighted by atomic mass is 35.5. The number of H-pyrrole nitrogens is 1. The van der Waals surface area contributed by atoms with E-state index in [-0.39, 0.29) is 24.4 Å². The van der Waals surface area contributed by atoms with Crippen molar-refractivity contribution in [2.24, 2.45) is 12.8 Å². The number of aromatic nitrogens is 4. The number of carbonyl (C=O) groups excluding carboxylic acids is 1. The number of amides is 1. The summed E-state index contributed by atoms with van der Waals surface area (Å²) in [7, 11) is 1.89. The summed E-state index contributed by atoms with van der Waals surface area (Å²) in [6.45, 7) is 6.37. The Kier molecular flexibility index (Phi) is 6.13. The van der Waals surface area contributed by atoms with E-state index in [2.05, 4.69) is 20.6 Å². The van der Waals surface area contributed by atoms with Crippen LogP contribution in [0, 0.1) is 13.8 Å². The lowest BCUT2D eigenvalue weighted by atomic mass is 10.1. The molecule has 0 bridgehead atoms. The highest BCUT2D eigenvalue weighted by Crippen LogP contribution is 2.25. The first-order valence-corrected chi connectivity index (χ1v) is 7.00. The molecule has 0 spiro atoms. The van der Waals surface area contributed by atoms with Crippen LogP contribution in [0.5, 0.6) is 0 Å². The first kappa shape index (κ1) is 18.2. The lowest BCUT2D eigenvalue weighted by molar-refractivity contribution is 0.0948. The van der Waals surface area contributed by atoms with Gasteiger partial charge in [0.2, 0.25) is 0 Å². The van der Waals surface area contributed by atoms with Gasteiger partial charge in [0.25, 0.3) is 5.91 Å². The molecule has 2 aromatic heterocycles. The molecule has 22 heavy (non-hydrogen) atoms. The van der Waals surface area contributed by atoms with Crippen LogP contribution in [-0.4, -0.2) is 38.5 Å². The van der Waals surface area contributed by atoms with Gasteiger partial charge in [-0.1, -0.05) is 0 Å². The zero-order valence-electron chi connectivity index (χ0n) is 13.3. The Balaban J connectivity index is 0.00000242. The van der Waals surface area contributed by atoms with Crippen molar-refractivity contribution in [3.63, 3.8) is 0 Å². The van der Waals surface area contributed by atoms with Crippen LogP contribution in [0.15, 0.2) is 6.07 Å². The smallest absolute Gasteiger partial charge is 0.269 e. The molecule has 0 aliphatic carbocycles. The Labute approximate surface area is 136 Å².